The van der Waals surface area contributed by atoms with Crippen LogP contribution in [-0.2, 0) is 0 Å². The van der Waals surface area contributed by atoms with Crippen molar-refractivity contribution in [3.05, 3.63) is 53.6 Å². The average molecular weight is 308 g/mol. The van der Waals surface area contributed by atoms with Crippen LogP contribution in [0, 0.1) is 17.5 Å². The van der Waals surface area contributed by atoms with Crippen LogP contribution < -0.4 is 5.32 Å². The number of aromatic nitrogens is 2. The summed E-state index contributed by atoms with van der Waals surface area (Å²) >= 11 is 0. The van der Waals surface area contributed by atoms with Crippen molar-refractivity contribution in [1.82, 2.24) is 14.9 Å². The summed E-state index contributed by atoms with van der Waals surface area (Å²) in [6, 6.07) is 3.71. The lowest BCUT2D eigenvalue weighted by Crippen LogP contribution is -2.29. The number of nitrogens with zero attached hydrogens (tertiary/aromatic N) is 3. The molecule has 116 valence electrons. The van der Waals surface area contributed by atoms with Crippen LogP contribution in [0.25, 0.3) is 0 Å². The van der Waals surface area contributed by atoms with Crippen LogP contribution in [0.15, 0.2) is 30.6 Å². The Labute approximate surface area is 126 Å². The number of hydrogen-bond acceptors (Lipinski definition) is 4. The number of benzene rings is 1. The average Bonchev–Trinajstić information content (AvgIpc) is 2.85. The molecule has 4 nitrogen and oxygen atoms in total. The first-order chi connectivity index (χ1) is 10.5. The van der Waals surface area contributed by atoms with Gasteiger partial charge in [-0.3, -0.25) is 4.90 Å². The second kappa shape index (κ2) is 5.92. The Balaban J connectivity index is 1.84. The van der Waals surface area contributed by atoms with Crippen LogP contribution >= 0.6 is 0 Å². The smallest absolute Gasteiger partial charge is 0.223 e. The van der Waals surface area contributed by atoms with Gasteiger partial charge in [-0.2, -0.15) is 0 Å². The van der Waals surface area contributed by atoms with E-state index in [0.29, 0.717) is 11.5 Å². The van der Waals surface area contributed by atoms with E-state index in [1.807, 2.05) is 11.9 Å². The Morgan fingerprint density at radius 3 is 2.55 bits per heavy atom. The first-order valence-corrected chi connectivity index (χ1v) is 6.94. The van der Waals surface area contributed by atoms with Gasteiger partial charge < -0.3 is 5.32 Å². The van der Waals surface area contributed by atoms with Gasteiger partial charge in [-0.15, -0.1) is 0 Å². The predicted molar refractivity (Wildman–Crippen MR) is 75.7 cm³/mol. The van der Waals surface area contributed by atoms with Gasteiger partial charge >= 0.3 is 0 Å². The zero-order valence-electron chi connectivity index (χ0n) is 11.9. The summed E-state index contributed by atoms with van der Waals surface area (Å²) in [7, 11) is 1.92. The lowest BCUT2D eigenvalue weighted by Gasteiger charge is -2.26. The molecule has 22 heavy (non-hydrogen) atoms. The molecule has 1 N–H and O–H groups in total. The summed E-state index contributed by atoms with van der Waals surface area (Å²) in [5, 5.41) is 3.13. The summed E-state index contributed by atoms with van der Waals surface area (Å²) < 4.78 is 39.4. The quantitative estimate of drug-likeness (QED) is 0.946. The normalized spacial score (nSPS) is 22.0. The molecule has 7 heteroatoms. The maximum Gasteiger partial charge on any atom is 0.223 e. The van der Waals surface area contributed by atoms with Crippen molar-refractivity contribution in [2.75, 3.05) is 18.9 Å². The molecule has 1 aromatic carbocycles. The number of anilines is 1. The van der Waals surface area contributed by atoms with Crippen LogP contribution in [0.1, 0.15) is 18.0 Å². The fraction of sp³-hybridized carbons (Fsp3) is 0.333. The first-order valence-electron chi connectivity index (χ1n) is 6.94. The van der Waals surface area contributed by atoms with E-state index in [1.54, 1.807) is 6.07 Å². The van der Waals surface area contributed by atoms with Gasteiger partial charge in [0.15, 0.2) is 17.5 Å². The molecule has 2 aromatic rings. The summed E-state index contributed by atoms with van der Waals surface area (Å²) in [6.07, 6.45) is 2.96. The first kappa shape index (κ1) is 14.8. The van der Waals surface area contributed by atoms with Crippen molar-refractivity contribution in [3.63, 3.8) is 0 Å². The molecular weight excluding hydrogens is 293 g/mol. The van der Waals surface area contributed by atoms with Crippen molar-refractivity contribution < 1.29 is 13.2 Å². The standard InChI is InChI=1S/C15H15F3N4/c1-22-5-4-13(21-15-19-7-10(16)8-20-15)14(22)9-2-3-11(17)12(18)6-9/h2-3,6-8,13-14H,4-5H2,1H3,(H,19,20,21)/t13-,14+/m1/s1. The van der Waals surface area contributed by atoms with Crippen LogP contribution in [0.2, 0.25) is 0 Å². The number of likely N-dealkylation sites (N-methyl/N-ethyl adjacent to an activating group) is 1. The summed E-state index contributed by atoms with van der Waals surface area (Å²) in [5.41, 5.74) is 0.679. The predicted octanol–water partition coefficient (Wildman–Crippen LogP) is 2.75. The van der Waals surface area contributed by atoms with Crippen molar-refractivity contribution in [1.29, 1.82) is 0 Å². The van der Waals surface area contributed by atoms with E-state index in [4.69, 9.17) is 0 Å². The van der Waals surface area contributed by atoms with E-state index in [2.05, 4.69) is 15.3 Å². The van der Waals surface area contributed by atoms with E-state index in [1.165, 1.54) is 6.07 Å². The van der Waals surface area contributed by atoms with E-state index in [0.717, 1.165) is 31.4 Å². The molecule has 1 aliphatic heterocycles. The minimum atomic E-state index is -0.866. The van der Waals surface area contributed by atoms with Crippen molar-refractivity contribution in [2.45, 2.75) is 18.5 Å². The molecule has 2 heterocycles. The third-order valence-electron chi connectivity index (χ3n) is 3.87. The molecule has 0 spiro atoms. The molecule has 0 aliphatic carbocycles. The van der Waals surface area contributed by atoms with Crippen LogP contribution in [0.4, 0.5) is 19.1 Å². The molecule has 0 saturated carbocycles. The third kappa shape index (κ3) is 2.89. The topological polar surface area (TPSA) is 41.0 Å². The molecular formula is C15H15F3N4. The SMILES string of the molecule is CN1CC[C@@H](Nc2ncc(F)cn2)[C@@H]1c1ccc(F)c(F)c1. The molecule has 1 fully saturated rings. The Morgan fingerprint density at radius 1 is 1.14 bits per heavy atom. The molecule has 0 amide bonds. The minimum Gasteiger partial charge on any atom is -0.350 e. The maximum atomic E-state index is 13.5. The Bertz CT molecular complexity index is 662. The van der Waals surface area contributed by atoms with Gasteiger partial charge in [0.05, 0.1) is 18.4 Å². The molecule has 1 aliphatic rings. The molecule has 1 aromatic heterocycles. The fourth-order valence-corrected chi connectivity index (χ4v) is 2.83. The Kier molecular flexibility index (Phi) is 3.98. The number of hydrogen-bond donors (Lipinski definition) is 1. The maximum absolute atomic E-state index is 13.5. The van der Waals surface area contributed by atoms with Gasteiger partial charge in [-0.05, 0) is 31.2 Å². The van der Waals surface area contributed by atoms with Gasteiger partial charge in [0, 0.05) is 12.6 Å². The summed E-state index contributed by atoms with van der Waals surface area (Å²) in [6.45, 7) is 0.794. The number of rotatable bonds is 3. The van der Waals surface area contributed by atoms with E-state index >= 15 is 0 Å². The summed E-state index contributed by atoms with van der Waals surface area (Å²) in [5.74, 6) is -1.93. The van der Waals surface area contributed by atoms with Crippen molar-refractivity contribution >= 4 is 5.95 Å². The van der Waals surface area contributed by atoms with Gasteiger partial charge in [0.25, 0.3) is 0 Å². The van der Waals surface area contributed by atoms with Crippen molar-refractivity contribution in [2.24, 2.45) is 0 Å². The van der Waals surface area contributed by atoms with Crippen molar-refractivity contribution in [3.8, 4) is 0 Å². The zero-order chi connectivity index (χ0) is 15.7. The van der Waals surface area contributed by atoms with Crippen LogP contribution in [0.5, 0.6) is 0 Å². The largest absolute Gasteiger partial charge is 0.350 e. The van der Waals surface area contributed by atoms with Crippen LogP contribution in [0.3, 0.4) is 0 Å². The molecule has 0 bridgehead atoms. The number of likely N-dealkylation sites (tertiary alicyclic amines) is 1. The van der Waals surface area contributed by atoms with Gasteiger partial charge in [-0.1, -0.05) is 6.07 Å². The van der Waals surface area contributed by atoms with E-state index in [9.17, 15) is 13.2 Å². The number of halogens is 3. The van der Waals surface area contributed by atoms with Gasteiger partial charge in [0.2, 0.25) is 5.95 Å². The Hall–Kier alpha value is -2.15. The van der Waals surface area contributed by atoms with Gasteiger partial charge in [-0.25, -0.2) is 23.1 Å². The number of nitrogens with one attached hydrogen (secondary N) is 1. The fourth-order valence-electron chi connectivity index (χ4n) is 2.83. The third-order valence-corrected chi connectivity index (χ3v) is 3.87. The monoisotopic (exact) mass is 308 g/mol. The molecule has 3 rings (SSSR count). The minimum absolute atomic E-state index is 0.0691. The molecule has 1 saturated heterocycles. The highest BCUT2D eigenvalue weighted by Crippen LogP contribution is 2.33. The highest BCUT2D eigenvalue weighted by molar-refractivity contribution is 5.31. The van der Waals surface area contributed by atoms with Gasteiger partial charge in [0.1, 0.15) is 0 Å². The zero-order valence-corrected chi connectivity index (χ0v) is 11.9. The second-order valence-electron chi connectivity index (χ2n) is 5.36. The molecule has 2 atom stereocenters. The Morgan fingerprint density at radius 2 is 1.86 bits per heavy atom. The van der Waals surface area contributed by atoms with Crippen LogP contribution in [-0.4, -0.2) is 34.5 Å². The highest BCUT2D eigenvalue weighted by atomic mass is 19.2. The second-order valence-corrected chi connectivity index (χ2v) is 5.36. The lowest BCUT2D eigenvalue weighted by molar-refractivity contribution is 0.307. The molecule has 0 radical (unpaired) electrons. The highest BCUT2D eigenvalue weighted by Gasteiger charge is 2.33. The summed E-state index contributed by atoms with van der Waals surface area (Å²) in [4.78, 5) is 9.80. The molecule has 0 unspecified atom stereocenters. The van der Waals surface area contributed by atoms with E-state index in [-0.39, 0.29) is 12.1 Å². The van der Waals surface area contributed by atoms with E-state index < -0.39 is 17.5 Å². The lowest BCUT2D eigenvalue weighted by atomic mass is 10.00.